The maximum Gasteiger partial charge on any atom is 0.262 e. The highest BCUT2D eigenvalue weighted by molar-refractivity contribution is 7.98. The third-order valence-electron chi connectivity index (χ3n) is 3.95. The van der Waals surface area contributed by atoms with E-state index < -0.39 is 0 Å². The molecule has 0 N–H and O–H groups in total. The minimum absolute atomic E-state index is 0.0280. The molecule has 8 heteroatoms. The second-order valence-electron chi connectivity index (χ2n) is 5.82. The third-order valence-corrected chi connectivity index (χ3v) is 4.90. The van der Waals surface area contributed by atoms with Crippen LogP contribution in [0.1, 0.15) is 24.8 Å². The Kier molecular flexibility index (Phi) is 4.04. The molecule has 0 aliphatic heterocycles. The van der Waals surface area contributed by atoms with E-state index in [1.54, 1.807) is 4.57 Å². The normalized spacial score (nSPS) is 11.6. The van der Waals surface area contributed by atoms with Crippen LogP contribution in [0.2, 0.25) is 0 Å². The minimum atomic E-state index is -0.0280. The topological polar surface area (TPSA) is 78.2 Å². The predicted octanol–water partition coefficient (Wildman–Crippen LogP) is 3.04. The molecule has 0 saturated carbocycles. The van der Waals surface area contributed by atoms with Crippen LogP contribution in [0.15, 0.2) is 44.8 Å². The molecule has 0 saturated heterocycles. The van der Waals surface area contributed by atoms with Crippen LogP contribution in [0.4, 0.5) is 0 Å². The zero-order valence-corrected chi connectivity index (χ0v) is 14.8. The summed E-state index contributed by atoms with van der Waals surface area (Å²) in [7, 11) is 0. The molecule has 7 nitrogen and oxygen atoms in total. The van der Waals surface area contributed by atoms with Gasteiger partial charge in [0.05, 0.1) is 22.3 Å². The summed E-state index contributed by atoms with van der Waals surface area (Å²) in [5, 5.41) is 13.9. The van der Waals surface area contributed by atoms with E-state index >= 15 is 0 Å². The van der Waals surface area contributed by atoms with Crippen LogP contribution in [-0.4, -0.2) is 24.3 Å². The maximum atomic E-state index is 12.8. The van der Waals surface area contributed by atoms with Crippen LogP contribution < -0.4 is 5.56 Å². The third kappa shape index (κ3) is 2.72. The van der Waals surface area contributed by atoms with E-state index in [4.69, 9.17) is 4.52 Å². The Bertz CT molecular complexity index is 1110. The molecule has 0 bridgehead atoms. The van der Waals surface area contributed by atoms with E-state index in [1.165, 1.54) is 11.8 Å². The minimum Gasteiger partial charge on any atom is -0.360 e. The molecule has 0 fully saturated rings. The molecule has 3 aromatic heterocycles. The summed E-state index contributed by atoms with van der Waals surface area (Å²) < 4.78 is 8.90. The zero-order valence-electron chi connectivity index (χ0n) is 14.0. The molecule has 0 amide bonds. The maximum absolute atomic E-state index is 12.8. The molecule has 0 aliphatic carbocycles. The molecule has 0 radical (unpaired) electrons. The number of thioether (sulfide) groups is 1. The summed E-state index contributed by atoms with van der Waals surface area (Å²) in [5.74, 6) is 1.95. The van der Waals surface area contributed by atoms with E-state index in [0.29, 0.717) is 23.5 Å². The first-order valence-electron chi connectivity index (χ1n) is 8.10. The Morgan fingerprint density at radius 2 is 2.08 bits per heavy atom. The van der Waals surface area contributed by atoms with Gasteiger partial charge in [-0.25, -0.2) is 0 Å². The molecule has 128 valence electrons. The van der Waals surface area contributed by atoms with Gasteiger partial charge in [-0.05, 0) is 25.5 Å². The van der Waals surface area contributed by atoms with Crippen LogP contribution in [0.5, 0.6) is 0 Å². The quantitative estimate of drug-likeness (QED) is 0.512. The van der Waals surface area contributed by atoms with E-state index in [2.05, 4.69) is 15.4 Å². The second-order valence-corrected chi connectivity index (χ2v) is 6.76. The van der Waals surface area contributed by atoms with Crippen LogP contribution in [0, 0.1) is 6.92 Å². The molecule has 1 aromatic carbocycles. The fourth-order valence-corrected chi connectivity index (χ4v) is 3.69. The number of fused-ring (bicyclic) bond motifs is 3. The fraction of sp³-hybridized carbons (Fsp3) is 0.294. The molecule has 0 unspecified atom stereocenters. The summed E-state index contributed by atoms with van der Waals surface area (Å²) >= 11 is 1.51. The lowest BCUT2D eigenvalue weighted by Crippen LogP contribution is -2.23. The number of benzene rings is 1. The van der Waals surface area contributed by atoms with Crippen molar-refractivity contribution in [3.63, 3.8) is 0 Å². The SMILES string of the molecule is CCCn1c(=O)c2ccccc2n2c(SCc3cc(C)no3)nnc12. The van der Waals surface area contributed by atoms with Gasteiger partial charge in [-0.1, -0.05) is 36.0 Å². The van der Waals surface area contributed by atoms with Crippen molar-refractivity contribution in [3.8, 4) is 0 Å². The first-order chi connectivity index (χ1) is 12.2. The van der Waals surface area contributed by atoms with Gasteiger partial charge in [0.2, 0.25) is 5.78 Å². The van der Waals surface area contributed by atoms with Crippen molar-refractivity contribution >= 4 is 28.4 Å². The Labute approximate surface area is 147 Å². The van der Waals surface area contributed by atoms with Crippen LogP contribution in [-0.2, 0) is 12.3 Å². The van der Waals surface area contributed by atoms with Gasteiger partial charge in [-0.3, -0.25) is 13.8 Å². The Morgan fingerprint density at radius 1 is 1.24 bits per heavy atom. The molecular weight excluding hydrogens is 338 g/mol. The molecule has 25 heavy (non-hydrogen) atoms. The standard InChI is InChI=1S/C17H17N5O2S/c1-3-8-21-15(23)13-6-4-5-7-14(13)22-16(21)18-19-17(22)25-10-12-9-11(2)20-24-12/h4-7,9H,3,8,10H2,1-2H3. The number of aromatic nitrogens is 5. The van der Waals surface area contributed by atoms with Crippen molar-refractivity contribution in [1.82, 2.24) is 24.3 Å². The number of para-hydroxylation sites is 1. The number of hydrogen-bond donors (Lipinski definition) is 0. The lowest BCUT2D eigenvalue weighted by molar-refractivity contribution is 0.391. The van der Waals surface area contributed by atoms with Crippen molar-refractivity contribution in [2.45, 2.75) is 37.7 Å². The van der Waals surface area contributed by atoms with Crippen LogP contribution >= 0.6 is 11.8 Å². The van der Waals surface area contributed by atoms with Gasteiger partial charge in [-0.15, -0.1) is 10.2 Å². The van der Waals surface area contributed by atoms with Gasteiger partial charge >= 0.3 is 0 Å². The molecule has 4 rings (SSSR count). The number of aryl methyl sites for hydroxylation is 2. The van der Waals surface area contributed by atoms with Crippen LogP contribution in [0.25, 0.3) is 16.7 Å². The summed E-state index contributed by atoms with van der Waals surface area (Å²) in [5.41, 5.74) is 1.64. The lowest BCUT2D eigenvalue weighted by Gasteiger charge is -2.10. The van der Waals surface area contributed by atoms with E-state index in [1.807, 2.05) is 48.6 Å². The van der Waals surface area contributed by atoms with Crippen LogP contribution in [0.3, 0.4) is 0 Å². The average molecular weight is 355 g/mol. The molecule has 0 spiro atoms. The highest BCUT2D eigenvalue weighted by Gasteiger charge is 2.16. The highest BCUT2D eigenvalue weighted by atomic mass is 32.2. The number of rotatable bonds is 5. The van der Waals surface area contributed by atoms with Crippen molar-refractivity contribution in [3.05, 3.63) is 52.1 Å². The second kappa shape index (κ2) is 6.36. The summed E-state index contributed by atoms with van der Waals surface area (Å²) in [4.78, 5) is 12.8. The molecule has 3 heterocycles. The monoisotopic (exact) mass is 355 g/mol. The molecule has 0 aliphatic rings. The van der Waals surface area contributed by atoms with E-state index in [-0.39, 0.29) is 5.56 Å². The fourth-order valence-electron chi connectivity index (χ4n) is 2.87. The molecule has 4 aromatic rings. The smallest absolute Gasteiger partial charge is 0.262 e. The number of hydrogen-bond acceptors (Lipinski definition) is 6. The summed E-state index contributed by atoms with van der Waals surface area (Å²) in [6, 6.07) is 9.46. The van der Waals surface area contributed by atoms with Crippen molar-refractivity contribution in [2.75, 3.05) is 0 Å². The number of nitrogens with zero attached hydrogens (tertiary/aromatic N) is 5. The molecule has 0 atom stereocenters. The summed E-state index contributed by atoms with van der Waals surface area (Å²) in [6.07, 6.45) is 0.848. The van der Waals surface area contributed by atoms with Crippen molar-refractivity contribution in [2.24, 2.45) is 0 Å². The van der Waals surface area contributed by atoms with Gasteiger partial charge in [0.25, 0.3) is 5.56 Å². The van der Waals surface area contributed by atoms with Gasteiger partial charge < -0.3 is 4.52 Å². The van der Waals surface area contributed by atoms with E-state index in [0.717, 1.165) is 28.5 Å². The summed E-state index contributed by atoms with van der Waals surface area (Å²) in [6.45, 7) is 4.54. The van der Waals surface area contributed by atoms with Gasteiger partial charge in [0.1, 0.15) is 5.76 Å². The zero-order chi connectivity index (χ0) is 17.4. The highest BCUT2D eigenvalue weighted by Crippen LogP contribution is 2.24. The Hall–Kier alpha value is -2.61. The van der Waals surface area contributed by atoms with Gasteiger partial charge in [-0.2, -0.15) is 0 Å². The van der Waals surface area contributed by atoms with E-state index in [9.17, 15) is 4.79 Å². The van der Waals surface area contributed by atoms with Crippen molar-refractivity contribution < 1.29 is 4.52 Å². The Morgan fingerprint density at radius 3 is 2.84 bits per heavy atom. The average Bonchev–Trinajstić information content (AvgIpc) is 3.23. The molecular formula is C17H17N5O2S. The predicted molar refractivity (Wildman–Crippen MR) is 95.8 cm³/mol. The van der Waals surface area contributed by atoms with Crippen molar-refractivity contribution in [1.29, 1.82) is 0 Å². The first-order valence-corrected chi connectivity index (χ1v) is 9.09. The largest absolute Gasteiger partial charge is 0.360 e. The van der Waals surface area contributed by atoms with Gasteiger partial charge in [0.15, 0.2) is 5.16 Å². The lowest BCUT2D eigenvalue weighted by atomic mass is 10.2. The first kappa shape index (κ1) is 15.9. The Balaban J connectivity index is 1.87. The van der Waals surface area contributed by atoms with Gasteiger partial charge in [0, 0.05) is 12.6 Å².